The molecule has 7 aromatic rings. The van der Waals surface area contributed by atoms with E-state index >= 15 is 0 Å². The molecule has 298 valence electrons. The molecule has 0 bridgehead atoms. The molecule has 6 heteroatoms. The predicted octanol–water partition coefficient (Wildman–Crippen LogP) is 14.4. The first-order chi connectivity index (χ1) is 29.4. The fourth-order valence-electron chi connectivity index (χ4n) is 8.39. The Kier molecular flexibility index (Phi) is 10.8. The van der Waals surface area contributed by atoms with Gasteiger partial charge in [-0.05, 0) is 124 Å². The number of para-hydroxylation sites is 4. The first kappa shape index (κ1) is 38.3. The van der Waals surface area contributed by atoms with Crippen LogP contribution in [0.1, 0.15) is 33.3 Å². The third-order valence-electron chi connectivity index (χ3n) is 10.9. The Labute approximate surface area is 353 Å². The van der Waals surface area contributed by atoms with Crippen molar-refractivity contribution in [1.29, 1.82) is 0 Å². The van der Waals surface area contributed by atoms with Gasteiger partial charge in [-0.2, -0.15) is 0 Å². The number of allylic oxidation sites excluding steroid dienone is 2. The zero-order chi connectivity index (χ0) is 41.0. The molecule has 0 fully saturated rings. The Morgan fingerprint density at radius 3 is 1.22 bits per heavy atom. The summed E-state index contributed by atoms with van der Waals surface area (Å²) in [7, 11) is 0. The number of fused-ring (bicyclic) bond motifs is 2. The van der Waals surface area contributed by atoms with Gasteiger partial charge in [-0.1, -0.05) is 109 Å². The molecule has 0 saturated carbocycles. The molecule has 7 aromatic carbocycles. The van der Waals surface area contributed by atoms with Gasteiger partial charge in [-0.25, -0.2) is 0 Å². The van der Waals surface area contributed by atoms with Gasteiger partial charge in [0.05, 0.1) is 34.6 Å². The zero-order valence-electron chi connectivity index (χ0n) is 34.3. The summed E-state index contributed by atoms with van der Waals surface area (Å²) in [4.78, 5) is 5.11. The van der Waals surface area contributed by atoms with Crippen molar-refractivity contribution in [1.82, 2.24) is 0 Å². The Morgan fingerprint density at radius 2 is 0.800 bits per heavy atom. The van der Waals surface area contributed by atoms with Crippen molar-refractivity contribution < 1.29 is 18.9 Å². The van der Waals surface area contributed by atoms with E-state index in [4.69, 9.17) is 18.9 Å². The SMILES string of the molecule is CC(C)N1c2ccc(-c3c(Oc4ccccc4)cccc3Oc3ccccc3)cc2N(C(C)C)C2C=CC(c3c(Oc4ccccc4)cccc3Oc3ccccc3)=CC21. The highest BCUT2D eigenvalue weighted by Crippen LogP contribution is 2.50. The summed E-state index contributed by atoms with van der Waals surface area (Å²) in [5, 5.41) is 0. The van der Waals surface area contributed by atoms with Crippen molar-refractivity contribution >= 4 is 16.9 Å². The number of benzene rings is 7. The van der Waals surface area contributed by atoms with Gasteiger partial charge in [0, 0.05) is 12.1 Å². The summed E-state index contributed by atoms with van der Waals surface area (Å²) in [6, 6.07) is 58.9. The van der Waals surface area contributed by atoms with Crippen LogP contribution in [0.3, 0.4) is 0 Å². The highest BCUT2D eigenvalue weighted by molar-refractivity contribution is 5.89. The lowest BCUT2D eigenvalue weighted by molar-refractivity contribution is 0.457. The van der Waals surface area contributed by atoms with Gasteiger partial charge in [0.2, 0.25) is 0 Å². The van der Waals surface area contributed by atoms with Crippen molar-refractivity contribution in [2.75, 3.05) is 9.80 Å². The summed E-state index contributed by atoms with van der Waals surface area (Å²) in [6.45, 7) is 9.10. The van der Waals surface area contributed by atoms with Crippen LogP contribution in [-0.4, -0.2) is 24.2 Å². The van der Waals surface area contributed by atoms with Crippen LogP contribution in [0.15, 0.2) is 194 Å². The number of hydrogen-bond acceptors (Lipinski definition) is 6. The Bertz CT molecular complexity index is 2510. The van der Waals surface area contributed by atoms with E-state index in [-0.39, 0.29) is 24.2 Å². The van der Waals surface area contributed by atoms with Gasteiger partial charge >= 0.3 is 0 Å². The molecule has 0 radical (unpaired) electrons. The first-order valence-corrected chi connectivity index (χ1v) is 20.7. The largest absolute Gasteiger partial charge is 0.457 e. The fourth-order valence-corrected chi connectivity index (χ4v) is 8.39. The van der Waals surface area contributed by atoms with Crippen LogP contribution in [0.5, 0.6) is 46.0 Å². The van der Waals surface area contributed by atoms with Crippen molar-refractivity contribution in [2.24, 2.45) is 0 Å². The molecule has 0 saturated heterocycles. The first-order valence-electron chi connectivity index (χ1n) is 20.7. The van der Waals surface area contributed by atoms with Crippen LogP contribution in [-0.2, 0) is 0 Å². The topological polar surface area (TPSA) is 43.4 Å². The molecule has 2 atom stereocenters. The molecular weight excluding hydrogens is 741 g/mol. The van der Waals surface area contributed by atoms with Gasteiger partial charge in [-0.15, -0.1) is 0 Å². The quantitative estimate of drug-likeness (QED) is 0.123. The molecule has 1 aliphatic carbocycles. The normalized spacial score (nSPS) is 15.6. The second-order valence-corrected chi connectivity index (χ2v) is 15.6. The number of rotatable bonds is 12. The van der Waals surface area contributed by atoms with E-state index in [1.165, 1.54) is 0 Å². The maximum atomic E-state index is 6.62. The molecule has 0 aromatic heterocycles. The van der Waals surface area contributed by atoms with E-state index in [1.807, 2.05) is 158 Å². The zero-order valence-corrected chi connectivity index (χ0v) is 34.3. The minimum Gasteiger partial charge on any atom is -0.457 e. The van der Waals surface area contributed by atoms with E-state index in [1.54, 1.807) is 0 Å². The lowest BCUT2D eigenvalue weighted by Crippen LogP contribution is -2.59. The summed E-state index contributed by atoms with van der Waals surface area (Å²) >= 11 is 0. The molecule has 0 N–H and O–H groups in total. The van der Waals surface area contributed by atoms with Crippen molar-refractivity contribution in [3.63, 3.8) is 0 Å². The van der Waals surface area contributed by atoms with Crippen LogP contribution in [0.2, 0.25) is 0 Å². The molecule has 0 amide bonds. The smallest absolute Gasteiger partial charge is 0.139 e. The maximum absolute atomic E-state index is 6.62. The third kappa shape index (κ3) is 7.84. The highest BCUT2D eigenvalue weighted by Gasteiger charge is 2.41. The number of anilines is 2. The standard InChI is InChI=1S/C54H48N2O4/c1-37(2)55-45-33-31-40(54-51(59-43-23-13-7-14-24-43)29-18-30-52(54)60-44-25-15-8-16-26-44)36-48(45)56(38(3)4)46-34-32-39(35-47(46)55)53-49(57-41-19-9-5-10-20-41)27-17-28-50(53)58-42-21-11-6-12-22-42/h5-38,45,48H,1-4H3. The van der Waals surface area contributed by atoms with Gasteiger partial charge in [0.25, 0.3) is 0 Å². The van der Waals surface area contributed by atoms with Crippen molar-refractivity contribution in [3.8, 4) is 57.1 Å². The van der Waals surface area contributed by atoms with Crippen LogP contribution in [0, 0.1) is 0 Å². The minimum absolute atomic E-state index is 0.00535. The summed E-state index contributed by atoms with van der Waals surface area (Å²) in [5.41, 5.74) is 6.15. The van der Waals surface area contributed by atoms with Crippen molar-refractivity contribution in [2.45, 2.75) is 51.9 Å². The molecule has 0 spiro atoms. The molecule has 2 unspecified atom stereocenters. The minimum atomic E-state index is 0.00535. The highest BCUT2D eigenvalue weighted by atomic mass is 16.5. The van der Waals surface area contributed by atoms with Gasteiger partial charge in [0.1, 0.15) is 46.0 Å². The molecule has 2 aliphatic rings. The lowest BCUT2D eigenvalue weighted by Gasteiger charge is -2.52. The van der Waals surface area contributed by atoms with Crippen LogP contribution >= 0.6 is 0 Å². The monoisotopic (exact) mass is 788 g/mol. The number of ether oxygens (including phenoxy) is 4. The van der Waals surface area contributed by atoms with E-state index < -0.39 is 0 Å². The second kappa shape index (κ2) is 17.0. The van der Waals surface area contributed by atoms with Gasteiger partial charge in [-0.3, -0.25) is 0 Å². The number of nitrogens with zero attached hydrogens (tertiary/aromatic N) is 2. The van der Waals surface area contributed by atoms with Crippen LogP contribution in [0.4, 0.5) is 11.4 Å². The van der Waals surface area contributed by atoms with Crippen molar-refractivity contribution in [3.05, 3.63) is 200 Å². The molecule has 1 heterocycles. The molecular formula is C54H48N2O4. The number of hydrogen-bond donors (Lipinski definition) is 0. The molecule has 9 rings (SSSR count). The molecule has 1 aliphatic heterocycles. The fraction of sp³-hybridized carbons (Fsp3) is 0.148. The van der Waals surface area contributed by atoms with E-state index in [2.05, 4.69) is 73.9 Å². The molecule has 60 heavy (non-hydrogen) atoms. The average molecular weight is 789 g/mol. The van der Waals surface area contributed by atoms with Crippen LogP contribution < -0.4 is 28.7 Å². The molecule has 6 nitrogen and oxygen atoms in total. The summed E-state index contributed by atoms with van der Waals surface area (Å²) < 4.78 is 26.5. The third-order valence-corrected chi connectivity index (χ3v) is 10.9. The second-order valence-electron chi connectivity index (χ2n) is 15.6. The van der Waals surface area contributed by atoms with E-state index in [0.29, 0.717) is 0 Å². The maximum Gasteiger partial charge on any atom is 0.139 e. The lowest BCUT2D eigenvalue weighted by atomic mass is 9.86. The van der Waals surface area contributed by atoms with E-state index in [0.717, 1.165) is 79.6 Å². The van der Waals surface area contributed by atoms with E-state index in [9.17, 15) is 0 Å². The van der Waals surface area contributed by atoms with Gasteiger partial charge < -0.3 is 28.7 Å². The average Bonchev–Trinajstić information content (AvgIpc) is 3.26. The summed E-state index contributed by atoms with van der Waals surface area (Å²) in [6.07, 6.45) is 6.99. The Morgan fingerprint density at radius 1 is 0.400 bits per heavy atom. The predicted molar refractivity (Wildman–Crippen MR) is 244 cm³/mol. The Hall–Kier alpha value is -7.18. The van der Waals surface area contributed by atoms with Crippen LogP contribution in [0.25, 0.3) is 16.7 Å². The van der Waals surface area contributed by atoms with Gasteiger partial charge in [0.15, 0.2) is 0 Å². The Balaban J connectivity index is 1.16. The summed E-state index contributed by atoms with van der Waals surface area (Å²) in [5.74, 6) is 5.94.